The molecular formula is C17H18O2. The lowest BCUT2D eigenvalue weighted by Gasteiger charge is -2.05. The minimum absolute atomic E-state index is 0.208. The first kappa shape index (κ1) is 13.3. The first-order chi connectivity index (χ1) is 9.24. The third-order valence-electron chi connectivity index (χ3n) is 2.91. The van der Waals surface area contributed by atoms with E-state index >= 15 is 0 Å². The zero-order valence-corrected chi connectivity index (χ0v) is 11.1. The molecule has 98 valence electrons. The van der Waals surface area contributed by atoms with Crippen molar-refractivity contribution in [2.24, 2.45) is 0 Å². The van der Waals surface area contributed by atoms with Crippen molar-refractivity contribution in [3.8, 4) is 5.75 Å². The molecule has 2 rings (SSSR count). The topological polar surface area (TPSA) is 26.3 Å². The van der Waals surface area contributed by atoms with Gasteiger partial charge >= 0.3 is 0 Å². The first-order valence-corrected chi connectivity index (χ1v) is 6.49. The van der Waals surface area contributed by atoms with Gasteiger partial charge < -0.3 is 4.74 Å². The van der Waals surface area contributed by atoms with Crippen molar-refractivity contribution in [1.82, 2.24) is 0 Å². The maximum absolute atomic E-state index is 11.8. The number of aryl methyl sites for hydroxylation is 1. The minimum Gasteiger partial charge on any atom is -0.493 e. The Kier molecular flexibility index (Phi) is 4.73. The molecule has 0 radical (unpaired) electrons. The molecule has 0 saturated heterocycles. The Morgan fingerprint density at radius 3 is 2.37 bits per heavy atom. The average Bonchev–Trinajstić information content (AvgIpc) is 2.43. The molecule has 0 aliphatic carbocycles. The van der Waals surface area contributed by atoms with Crippen LogP contribution >= 0.6 is 0 Å². The number of rotatable bonds is 6. The van der Waals surface area contributed by atoms with Crippen LogP contribution in [0.25, 0.3) is 0 Å². The Morgan fingerprint density at radius 2 is 1.68 bits per heavy atom. The molecule has 0 unspecified atom stereocenters. The van der Waals surface area contributed by atoms with Crippen LogP contribution < -0.4 is 4.74 Å². The largest absolute Gasteiger partial charge is 0.493 e. The molecular weight excluding hydrogens is 236 g/mol. The van der Waals surface area contributed by atoms with Crippen LogP contribution in [0.3, 0.4) is 0 Å². The van der Waals surface area contributed by atoms with E-state index < -0.39 is 0 Å². The normalized spacial score (nSPS) is 10.2. The zero-order chi connectivity index (χ0) is 13.5. The van der Waals surface area contributed by atoms with E-state index in [1.807, 2.05) is 61.5 Å². The van der Waals surface area contributed by atoms with Gasteiger partial charge in [-0.3, -0.25) is 4.79 Å². The molecule has 0 amide bonds. The number of ether oxygens (including phenoxy) is 1. The van der Waals surface area contributed by atoms with E-state index in [9.17, 15) is 4.79 Å². The lowest BCUT2D eigenvalue weighted by molar-refractivity contribution is -0.118. The van der Waals surface area contributed by atoms with Crippen LogP contribution in [0, 0.1) is 6.92 Å². The number of hydrogen-bond donors (Lipinski definition) is 0. The summed E-state index contributed by atoms with van der Waals surface area (Å²) in [5, 5.41) is 0. The van der Waals surface area contributed by atoms with Gasteiger partial charge in [-0.05, 0) is 24.6 Å². The number of carbonyl (C=O) groups excluding carboxylic acids is 1. The third kappa shape index (κ3) is 4.59. The van der Waals surface area contributed by atoms with Gasteiger partial charge in [0.25, 0.3) is 0 Å². The Morgan fingerprint density at radius 1 is 1.00 bits per heavy atom. The van der Waals surface area contributed by atoms with Crippen molar-refractivity contribution < 1.29 is 9.53 Å². The number of para-hydroxylation sites is 1. The number of Topliss-reactive ketones (excluding diaryl/α,β-unsaturated/α-hetero) is 1. The second-order valence-corrected chi connectivity index (χ2v) is 4.61. The van der Waals surface area contributed by atoms with Gasteiger partial charge in [0.2, 0.25) is 0 Å². The highest BCUT2D eigenvalue weighted by molar-refractivity contribution is 5.80. The summed E-state index contributed by atoms with van der Waals surface area (Å²) >= 11 is 0. The van der Waals surface area contributed by atoms with Gasteiger partial charge in [-0.25, -0.2) is 0 Å². The molecule has 0 saturated carbocycles. The molecule has 0 aliphatic heterocycles. The van der Waals surface area contributed by atoms with E-state index in [0.717, 1.165) is 11.3 Å². The number of benzene rings is 2. The highest BCUT2D eigenvalue weighted by Gasteiger charge is 2.04. The summed E-state index contributed by atoms with van der Waals surface area (Å²) < 4.78 is 5.51. The van der Waals surface area contributed by atoms with Gasteiger partial charge in [-0.15, -0.1) is 0 Å². The van der Waals surface area contributed by atoms with Gasteiger partial charge in [-0.1, -0.05) is 48.0 Å². The van der Waals surface area contributed by atoms with Gasteiger partial charge in [-0.2, -0.15) is 0 Å². The molecule has 0 aromatic heterocycles. The van der Waals surface area contributed by atoms with Crippen LogP contribution in [-0.2, 0) is 11.2 Å². The second-order valence-electron chi connectivity index (χ2n) is 4.61. The summed E-state index contributed by atoms with van der Waals surface area (Å²) in [6.07, 6.45) is 0.932. The smallest absolute Gasteiger partial charge is 0.140 e. The average molecular weight is 254 g/mol. The SMILES string of the molecule is Cc1ccc(CC(=O)CCOc2ccccc2)cc1. The maximum atomic E-state index is 11.8. The monoisotopic (exact) mass is 254 g/mol. The van der Waals surface area contributed by atoms with Crippen molar-refractivity contribution in [3.05, 3.63) is 65.7 Å². The fraction of sp³-hybridized carbons (Fsp3) is 0.235. The fourth-order valence-corrected chi connectivity index (χ4v) is 1.82. The van der Waals surface area contributed by atoms with E-state index in [0.29, 0.717) is 19.4 Å². The van der Waals surface area contributed by atoms with Crippen LogP contribution in [0.4, 0.5) is 0 Å². The Balaban J connectivity index is 1.74. The molecule has 0 heterocycles. The van der Waals surface area contributed by atoms with Crippen LogP contribution in [0.15, 0.2) is 54.6 Å². The predicted molar refractivity (Wildman–Crippen MR) is 76.4 cm³/mol. The molecule has 0 fully saturated rings. The van der Waals surface area contributed by atoms with E-state index in [4.69, 9.17) is 4.74 Å². The summed E-state index contributed by atoms with van der Waals surface area (Å²) in [7, 11) is 0. The van der Waals surface area contributed by atoms with Gasteiger partial charge in [0.15, 0.2) is 0 Å². The van der Waals surface area contributed by atoms with Crippen LogP contribution in [0.2, 0.25) is 0 Å². The molecule has 0 bridgehead atoms. The number of ketones is 1. The molecule has 19 heavy (non-hydrogen) atoms. The van der Waals surface area contributed by atoms with Crippen LogP contribution in [0.5, 0.6) is 5.75 Å². The van der Waals surface area contributed by atoms with Crippen molar-refractivity contribution in [1.29, 1.82) is 0 Å². The first-order valence-electron chi connectivity index (χ1n) is 6.49. The molecule has 0 aliphatic rings. The maximum Gasteiger partial charge on any atom is 0.140 e. The molecule has 0 spiro atoms. The summed E-state index contributed by atoms with van der Waals surface area (Å²) in [5.74, 6) is 1.02. The van der Waals surface area contributed by atoms with E-state index in [-0.39, 0.29) is 5.78 Å². The molecule has 2 heteroatoms. The van der Waals surface area contributed by atoms with E-state index in [2.05, 4.69) is 0 Å². The summed E-state index contributed by atoms with van der Waals surface area (Å²) in [5.41, 5.74) is 2.28. The van der Waals surface area contributed by atoms with Gasteiger partial charge in [0.1, 0.15) is 11.5 Å². The van der Waals surface area contributed by atoms with Crippen LogP contribution in [-0.4, -0.2) is 12.4 Å². The van der Waals surface area contributed by atoms with Crippen molar-refractivity contribution in [2.45, 2.75) is 19.8 Å². The molecule has 2 aromatic rings. The van der Waals surface area contributed by atoms with Crippen molar-refractivity contribution in [2.75, 3.05) is 6.61 Å². The highest BCUT2D eigenvalue weighted by atomic mass is 16.5. The van der Waals surface area contributed by atoms with Crippen molar-refractivity contribution in [3.63, 3.8) is 0 Å². The molecule has 2 nitrogen and oxygen atoms in total. The highest BCUT2D eigenvalue weighted by Crippen LogP contribution is 2.09. The lowest BCUT2D eigenvalue weighted by Crippen LogP contribution is -2.08. The zero-order valence-electron chi connectivity index (χ0n) is 11.1. The molecule has 0 N–H and O–H groups in total. The summed E-state index contributed by atoms with van der Waals surface area (Å²) in [6.45, 7) is 2.48. The predicted octanol–water partition coefficient (Wildman–Crippen LogP) is 3.58. The van der Waals surface area contributed by atoms with Gasteiger partial charge in [0, 0.05) is 12.8 Å². The number of hydrogen-bond acceptors (Lipinski definition) is 2. The summed E-state index contributed by atoms with van der Waals surface area (Å²) in [4.78, 5) is 11.8. The van der Waals surface area contributed by atoms with E-state index in [1.54, 1.807) is 0 Å². The summed E-state index contributed by atoms with van der Waals surface area (Å²) in [6, 6.07) is 17.6. The number of carbonyl (C=O) groups is 1. The quantitative estimate of drug-likeness (QED) is 0.787. The third-order valence-corrected chi connectivity index (χ3v) is 2.91. The minimum atomic E-state index is 0.208. The Bertz CT molecular complexity index is 515. The lowest BCUT2D eigenvalue weighted by atomic mass is 10.1. The van der Waals surface area contributed by atoms with Crippen molar-refractivity contribution >= 4 is 5.78 Å². The van der Waals surface area contributed by atoms with Crippen LogP contribution in [0.1, 0.15) is 17.5 Å². The Labute approximate surface area is 114 Å². The molecule has 0 atom stereocenters. The molecule has 2 aromatic carbocycles. The Hall–Kier alpha value is -2.09. The van der Waals surface area contributed by atoms with E-state index in [1.165, 1.54) is 5.56 Å². The van der Waals surface area contributed by atoms with Gasteiger partial charge in [0.05, 0.1) is 6.61 Å². The fourth-order valence-electron chi connectivity index (χ4n) is 1.82. The second kappa shape index (κ2) is 6.74. The standard InChI is InChI=1S/C17H18O2/c1-14-7-9-15(10-8-14)13-16(18)11-12-19-17-5-3-2-4-6-17/h2-10H,11-13H2,1H3.